The SMILES string of the molecule is O=C(O)Cn1cnc(Cc2ccsc2)cc1=O. The number of thiophene rings is 1. The van der Waals surface area contributed by atoms with Gasteiger partial charge in [0, 0.05) is 12.5 Å². The van der Waals surface area contributed by atoms with E-state index in [-0.39, 0.29) is 12.1 Å². The fourth-order valence-electron chi connectivity index (χ4n) is 1.43. The van der Waals surface area contributed by atoms with Gasteiger partial charge in [-0.1, -0.05) is 0 Å². The molecule has 0 unspecified atom stereocenters. The Balaban J connectivity index is 2.19. The molecule has 0 aliphatic carbocycles. The third-order valence-electron chi connectivity index (χ3n) is 2.21. The largest absolute Gasteiger partial charge is 0.480 e. The second kappa shape index (κ2) is 4.92. The Hall–Kier alpha value is -1.95. The zero-order valence-electron chi connectivity index (χ0n) is 8.87. The average Bonchev–Trinajstić information content (AvgIpc) is 2.74. The molecule has 0 amide bonds. The maximum absolute atomic E-state index is 11.6. The average molecular weight is 250 g/mol. The molecule has 17 heavy (non-hydrogen) atoms. The van der Waals surface area contributed by atoms with Crippen LogP contribution in [0.15, 0.2) is 34.0 Å². The molecule has 0 spiro atoms. The van der Waals surface area contributed by atoms with E-state index in [1.165, 1.54) is 12.4 Å². The summed E-state index contributed by atoms with van der Waals surface area (Å²) in [5, 5.41) is 12.5. The van der Waals surface area contributed by atoms with Crippen LogP contribution in [0.5, 0.6) is 0 Å². The first-order valence-electron chi connectivity index (χ1n) is 4.93. The second-order valence-electron chi connectivity index (χ2n) is 3.55. The maximum atomic E-state index is 11.6. The fraction of sp³-hybridized carbons (Fsp3) is 0.182. The molecule has 0 fully saturated rings. The maximum Gasteiger partial charge on any atom is 0.323 e. The van der Waals surface area contributed by atoms with Crippen molar-refractivity contribution >= 4 is 17.3 Å². The Kier molecular flexibility index (Phi) is 3.34. The number of carboxylic acids is 1. The third-order valence-corrected chi connectivity index (χ3v) is 2.94. The summed E-state index contributed by atoms with van der Waals surface area (Å²) in [6.45, 7) is -0.357. The van der Waals surface area contributed by atoms with Crippen molar-refractivity contribution in [2.45, 2.75) is 13.0 Å². The van der Waals surface area contributed by atoms with Crippen LogP contribution in [0, 0.1) is 0 Å². The number of carbonyl (C=O) groups is 1. The van der Waals surface area contributed by atoms with Gasteiger partial charge in [-0.25, -0.2) is 4.98 Å². The molecule has 2 aromatic heterocycles. The molecule has 2 rings (SSSR count). The van der Waals surface area contributed by atoms with E-state index in [2.05, 4.69) is 4.98 Å². The predicted octanol–water partition coefficient (Wildman–Crippen LogP) is 0.980. The molecule has 0 aliphatic heterocycles. The Bertz CT molecular complexity index is 575. The van der Waals surface area contributed by atoms with Crippen molar-refractivity contribution in [3.05, 3.63) is 50.8 Å². The minimum atomic E-state index is -1.06. The van der Waals surface area contributed by atoms with Crippen LogP contribution >= 0.6 is 11.3 Å². The van der Waals surface area contributed by atoms with Gasteiger partial charge in [0.1, 0.15) is 6.54 Å². The number of rotatable bonds is 4. The molecule has 0 saturated carbocycles. The van der Waals surface area contributed by atoms with E-state index in [9.17, 15) is 9.59 Å². The highest BCUT2D eigenvalue weighted by Gasteiger charge is 2.04. The zero-order valence-corrected chi connectivity index (χ0v) is 9.68. The van der Waals surface area contributed by atoms with E-state index in [0.717, 1.165) is 10.1 Å². The molecular formula is C11H10N2O3S. The Morgan fingerprint density at radius 3 is 2.94 bits per heavy atom. The van der Waals surface area contributed by atoms with E-state index in [1.54, 1.807) is 11.3 Å². The molecule has 2 heterocycles. The highest BCUT2D eigenvalue weighted by atomic mass is 32.1. The molecule has 2 aromatic rings. The smallest absolute Gasteiger partial charge is 0.323 e. The lowest BCUT2D eigenvalue weighted by atomic mass is 10.2. The van der Waals surface area contributed by atoms with Gasteiger partial charge in [-0.15, -0.1) is 0 Å². The van der Waals surface area contributed by atoms with Crippen LogP contribution in [0.25, 0.3) is 0 Å². The van der Waals surface area contributed by atoms with Gasteiger partial charge < -0.3 is 5.11 Å². The first-order chi connectivity index (χ1) is 8.15. The summed E-state index contributed by atoms with van der Waals surface area (Å²) in [5.74, 6) is -1.06. The molecule has 0 bridgehead atoms. The van der Waals surface area contributed by atoms with Crippen LogP contribution in [-0.4, -0.2) is 20.6 Å². The molecule has 0 aromatic carbocycles. The van der Waals surface area contributed by atoms with E-state index in [1.807, 2.05) is 16.8 Å². The fourth-order valence-corrected chi connectivity index (χ4v) is 2.10. The van der Waals surface area contributed by atoms with Crippen molar-refractivity contribution in [2.24, 2.45) is 0 Å². The minimum absolute atomic E-state index is 0.340. The van der Waals surface area contributed by atoms with Gasteiger partial charge in [-0.2, -0.15) is 11.3 Å². The summed E-state index contributed by atoms with van der Waals surface area (Å²) in [6.07, 6.45) is 1.87. The number of aliphatic carboxylic acids is 1. The highest BCUT2D eigenvalue weighted by molar-refractivity contribution is 7.07. The van der Waals surface area contributed by atoms with E-state index < -0.39 is 5.97 Å². The molecule has 6 heteroatoms. The summed E-state index contributed by atoms with van der Waals surface area (Å²) >= 11 is 1.59. The van der Waals surface area contributed by atoms with E-state index in [4.69, 9.17) is 5.11 Å². The quantitative estimate of drug-likeness (QED) is 0.878. The van der Waals surface area contributed by atoms with Crippen molar-refractivity contribution in [2.75, 3.05) is 0 Å². The first kappa shape index (κ1) is 11.5. The molecule has 0 aliphatic rings. The predicted molar refractivity (Wildman–Crippen MR) is 63.3 cm³/mol. The van der Waals surface area contributed by atoms with Crippen LogP contribution in [0.3, 0.4) is 0 Å². The summed E-state index contributed by atoms with van der Waals surface area (Å²) in [4.78, 5) is 26.1. The van der Waals surface area contributed by atoms with E-state index in [0.29, 0.717) is 12.1 Å². The Morgan fingerprint density at radius 1 is 1.53 bits per heavy atom. The third kappa shape index (κ3) is 3.01. The summed E-state index contributed by atoms with van der Waals surface area (Å²) in [5.41, 5.74) is 1.40. The molecule has 5 nitrogen and oxygen atoms in total. The Labute approximate surface area is 101 Å². The molecule has 1 N–H and O–H groups in total. The Morgan fingerprint density at radius 2 is 2.35 bits per heavy atom. The number of hydrogen-bond donors (Lipinski definition) is 1. The van der Waals surface area contributed by atoms with Crippen molar-refractivity contribution in [1.29, 1.82) is 0 Å². The van der Waals surface area contributed by atoms with E-state index >= 15 is 0 Å². The van der Waals surface area contributed by atoms with Crippen molar-refractivity contribution < 1.29 is 9.90 Å². The van der Waals surface area contributed by atoms with Crippen molar-refractivity contribution in [3.63, 3.8) is 0 Å². The van der Waals surface area contributed by atoms with Crippen LogP contribution in [0.1, 0.15) is 11.3 Å². The van der Waals surface area contributed by atoms with Gasteiger partial charge in [0.25, 0.3) is 5.56 Å². The van der Waals surface area contributed by atoms with Crippen LogP contribution in [0.4, 0.5) is 0 Å². The molecule has 0 atom stereocenters. The second-order valence-corrected chi connectivity index (χ2v) is 4.33. The van der Waals surface area contributed by atoms with Crippen LogP contribution in [0.2, 0.25) is 0 Å². The molecule has 88 valence electrons. The van der Waals surface area contributed by atoms with Gasteiger partial charge in [0.15, 0.2) is 0 Å². The van der Waals surface area contributed by atoms with Crippen LogP contribution in [-0.2, 0) is 17.8 Å². The summed E-state index contributed by atoms with van der Waals surface area (Å²) < 4.78 is 1.07. The van der Waals surface area contributed by atoms with Gasteiger partial charge >= 0.3 is 5.97 Å². The van der Waals surface area contributed by atoms with Crippen molar-refractivity contribution in [1.82, 2.24) is 9.55 Å². The topological polar surface area (TPSA) is 72.2 Å². The molecule has 0 radical (unpaired) electrons. The first-order valence-corrected chi connectivity index (χ1v) is 5.87. The van der Waals surface area contributed by atoms with Gasteiger partial charge in [0.05, 0.1) is 12.0 Å². The number of nitrogens with zero attached hydrogens (tertiary/aromatic N) is 2. The molecule has 0 saturated heterocycles. The number of aromatic nitrogens is 2. The lowest BCUT2D eigenvalue weighted by molar-refractivity contribution is -0.137. The number of carboxylic acid groups (broad SMARTS) is 1. The summed E-state index contributed by atoms with van der Waals surface area (Å²) in [6, 6.07) is 3.34. The summed E-state index contributed by atoms with van der Waals surface area (Å²) in [7, 11) is 0. The minimum Gasteiger partial charge on any atom is -0.480 e. The molecular weight excluding hydrogens is 240 g/mol. The van der Waals surface area contributed by atoms with Crippen LogP contribution < -0.4 is 5.56 Å². The van der Waals surface area contributed by atoms with Gasteiger partial charge in [-0.05, 0) is 22.4 Å². The number of hydrogen-bond acceptors (Lipinski definition) is 4. The normalized spacial score (nSPS) is 10.4. The monoisotopic (exact) mass is 250 g/mol. The zero-order chi connectivity index (χ0) is 12.3. The highest BCUT2D eigenvalue weighted by Crippen LogP contribution is 2.09. The lowest BCUT2D eigenvalue weighted by Crippen LogP contribution is -2.24. The van der Waals surface area contributed by atoms with Gasteiger partial charge in [-0.3, -0.25) is 14.2 Å². The standard InChI is InChI=1S/C11H10N2O3S/c14-10-4-9(3-8-1-2-17-6-8)12-7-13(10)5-11(15)16/h1-2,4,6-7H,3,5H2,(H,15,16). The lowest BCUT2D eigenvalue weighted by Gasteiger charge is -2.02. The van der Waals surface area contributed by atoms with Gasteiger partial charge in [0.2, 0.25) is 0 Å². The van der Waals surface area contributed by atoms with Crippen molar-refractivity contribution in [3.8, 4) is 0 Å².